The molecule has 33 heavy (non-hydrogen) atoms. The van der Waals surface area contributed by atoms with Gasteiger partial charge in [0, 0.05) is 28.7 Å². The number of nitrogens with one attached hydrogen (secondary N) is 1. The Labute approximate surface area is 194 Å². The Hall–Kier alpha value is -3.59. The van der Waals surface area contributed by atoms with E-state index in [0.717, 1.165) is 38.8 Å². The highest BCUT2D eigenvalue weighted by Gasteiger charge is 2.21. The summed E-state index contributed by atoms with van der Waals surface area (Å²) in [5.74, 6) is -0.0736. The number of sulfonamides is 1. The maximum atomic E-state index is 12.5. The average Bonchev–Trinajstić information content (AvgIpc) is 3.04. The molecule has 0 spiro atoms. The minimum atomic E-state index is -3.70. The highest BCUT2D eigenvalue weighted by molar-refractivity contribution is 7.92. The topological polar surface area (TPSA) is 93.0 Å². The van der Waals surface area contributed by atoms with Gasteiger partial charge in [0.2, 0.25) is 10.0 Å². The van der Waals surface area contributed by atoms with E-state index in [4.69, 9.17) is 4.74 Å². The van der Waals surface area contributed by atoms with Gasteiger partial charge >= 0.3 is 0 Å². The largest absolute Gasteiger partial charge is 0.497 e. The minimum absolute atomic E-state index is 0.331. The fourth-order valence-corrected chi connectivity index (χ4v) is 4.44. The van der Waals surface area contributed by atoms with Gasteiger partial charge in [-0.2, -0.15) is 5.10 Å². The monoisotopic (exact) mass is 468 g/mol. The molecule has 0 aliphatic carbocycles. The second kappa shape index (κ2) is 9.91. The molecule has 2 aromatic carbocycles. The van der Waals surface area contributed by atoms with Gasteiger partial charge in [-0.05, 0) is 56.7 Å². The van der Waals surface area contributed by atoms with Crippen LogP contribution in [-0.2, 0) is 14.8 Å². The Morgan fingerprint density at radius 2 is 1.85 bits per heavy atom. The molecule has 0 saturated carbocycles. The average molecular weight is 469 g/mol. The molecule has 3 rings (SSSR count). The quantitative estimate of drug-likeness (QED) is 0.405. The van der Waals surface area contributed by atoms with E-state index in [9.17, 15) is 13.2 Å². The van der Waals surface area contributed by atoms with Crippen molar-refractivity contribution in [3.05, 3.63) is 77.1 Å². The van der Waals surface area contributed by atoms with E-state index in [1.165, 1.54) is 7.11 Å². The number of amides is 1. The summed E-state index contributed by atoms with van der Waals surface area (Å²) in [6, 6.07) is 16.7. The van der Waals surface area contributed by atoms with Gasteiger partial charge < -0.3 is 9.30 Å². The predicted molar refractivity (Wildman–Crippen MR) is 131 cm³/mol. The summed E-state index contributed by atoms with van der Waals surface area (Å²) < 4.78 is 32.8. The number of methoxy groups -OCH3 is 1. The Morgan fingerprint density at radius 3 is 2.52 bits per heavy atom. The molecule has 0 fully saturated rings. The van der Waals surface area contributed by atoms with Crippen molar-refractivity contribution in [3.8, 4) is 11.4 Å². The zero-order valence-electron chi connectivity index (χ0n) is 19.4. The van der Waals surface area contributed by atoms with Crippen molar-refractivity contribution in [1.29, 1.82) is 0 Å². The number of carbonyl (C=O) groups excluding carboxylic acids is 1. The van der Waals surface area contributed by atoms with Crippen LogP contribution >= 0.6 is 0 Å². The van der Waals surface area contributed by atoms with Crippen LogP contribution in [-0.4, -0.2) is 45.0 Å². The van der Waals surface area contributed by atoms with Crippen LogP contribution in [0.1, 0.15) is 22.5 Å². The number of aryl methyl sites for hydroxylation is 2. The van der Waals surface area contributed by atoms with Gasteiger partial charge in [-0.25, -0.2) is 13.8 Å². The van der Waals surface area contributed by atoms with Crippen molar-refractivity contribution in [1.82, 2.24) is 9.99 Å². The molecule has 0 radical (unpaired) electrons. The summed E-state index contributed by atoms with van der Waals surface area (Å²) in [6.07, 6.45) is 2.60. The van der Waals surface area contributed by atoms with Gasteiger partial charge in [-0.1, -0.05) is 18.2 Å². The lowest BCUT2D eigenvalue weighted by Gasteiger charge is -2.21. The number of benzene rings is 2. The fourth-order valence-electron chi connectivity index (χ4n) is 3.59. The first kappa shape index (κ1) is 24.1. The van der Waals surface area contributed by atoms with Gasteiger partial charge in [0.1, 0.15) is 12.3 Å². The van der Waals surface area contributed by atoms with E-state index in [1.54, 1.807) is 30.5 Å². The Bertz CT molecular complexity index is 1300. The summed E-state index contributed by atoms with van der Waals surface area (Å²) in [7, 11) is -2.21. The zero-order chi connectivity index (χ0) is 24.2. The molecule has 9 heteroatoms. The highest BCUT2D eigenvalue weighted by atomic mass is 32.2. The molecule has 0 bridgehead atoms. The molecular weight excluding hydrogens is 440 g/mol. The van der Waals surface area contributed by atoms with Crippen LogP contribution in [0.3, 0.4) is 0 Å². The Kier molecular flexibility index (Phi) is 7.23. The van der Waals surface area contributed by atoms with Crippen molar-refractivity contribution < 1.29 is 17.9 Å². The van der Waals surface area contributed by atoms with Crippen molar-refractivity contribution in [2.75, 3.05) is 24.2 Å². The van der Waals surface area contributed by atoms with Crippen molar-refractivity contribution >= 4 is 27.8 Å². The molecule has 3 aromatic rings. The van der Waals surface area contributed by atoms with Crippen LogP contribution in [0.15, 0.2) is 59.7 Å². The molecule has 0 aliphatic rings. The number of ether oxygens (including phenoxy) is 1. The number of hydrazone groups is 1. The third kappa shape index (κ3) is 5.81. The molecule has 1 amide bonds. The summed E-state index contributed by atoms with van der Waals surface area (Å²) >= 11 is 0. The maximum Gasteiger partial charge on any atom is 0.260 e. The first-order valence-corrected chi connectivity index (χ1v) is 12.1. The molecular formula is C24H28N4O4S. The Balaban J connectivity index is 1.75. The van der Waals surface area contributed by atoms with Crippen LogP contribution < -0.4 is 14.5 Å². The lowest BCUT2D eigenvalue weighted by Crippen LogP contribution is -2.39. The molecule has 0 saturated heterocycles. The van der Waals surface area contributed by atoms with Gasteiger partial charge in [-0.3, -0.25) is 9.10 Å². The van der Waals surface area contributed by atoms with Crippen LogP contribution in [0, 0.1) is 20.8 Å². The normalized spacial score (nSPS) is 11.5. The molecule has 0 aliphatic heterocycles. The predicted octanol–water partition coefficient (Wildman–Crippen LogP) is 3.33. The van der Waals surface area contributed by atoms with Crippen LogP contribution in [0.2, 0.25) is 0 Å². The zero-order valence-corrected chi connectivity index (χ0v) is 20.2. The number of carbonyl (C=O) groups is 1. The molecule has 1 heterocycles. The van der Waals surface area contributed by atoms with E-state index in [1.807, 2.05) is 45.0 Å². The molecule has 1 N–H and O–H groups in total. The smallest absolute Gasteiger partial charge is 0.260 e. The first-order chi connectivity index (χ1) is 15.6. The molecule has 8 nitrogen and oxygen atoms in total. The molecule has 0 atom stereocenters. The molecule has 1 aromatic heterocycles. The Morgan fingerprint density at radius 1 is 1.12 bits per heavy atom. The van der Waals surface area contributed by atoms with E-state index < -0.39 is 22.5 Å². The van der Waals surface area contributed by atoms with Crippen LogP contribution in [0.25, 0.3) is 5.69 Å². The van der Waals surface area contributed by atoms with E-state index in [-0.39, 0.29) is 0 Å². The van der Waals surface area contributed by atoms with E-state index in [0.29, 0.717) is 11.4 Å². The lowest BCUT2D eigenvalue weighted by molar-refractivity contribution is -0.119. The van der Waals surface area contributed by atoms with Crippen LogP contribution in [0.5, 0.6) is 5.75 Å². The van der Waals surface area contributed by atoms with Crippen molar-refractivity contribution in [2.24, 2.45) is 5.10 Å². The first-order valence-electron chi connectivity index (χ1n) is 10.3. The number of rotatable bonds is 8. The third-order valence-electron chi connectivity index (χ3n) is 5.15. The highest BCUT2D eigenvalue weighted by Crippen LogP contribution is 2.23. The summed E-state index contributed by atoms with van der Waals surface area (Å²) in [4.78, 5) is 12.5. The van der Waals surface area contributed by atoms with Gasteiger partial charge in [-0.15, -0.1) is 0 Å². The van der Waals surface area contributed by atoms with Crippen LogP contribution in [0.4, 0.5) is 5.69 Å². The second-order valence-electron chi connectivity index (χ2n) is 7.77. The van der Waals surface area contributed by atoms with Gasteiger partial charge in [0.05, 0.1) is 25.3 Å². The minimum Gasteiger partial charge on any atom is -0.497 e. The molecule has 0 unspecified atom stereocenters. The number of hydrogen-bond donors (Lipinski definition) is 1. The standard InChI is InChI=1S/C24H28N4O4S/c1-17-8-6-10-22(12-17)28-18(2)13-20(19(28)3)15-25-26-24(29)16-27(33(5,30)31)21-9-7-11-23(14-21)32-4/h6-15H,16H2,1-5H3,(H,26,29)/b25-15-. The summed E-state index contributed by atoms with van der Waals surface area (Å²) in [6.45, 7) is 5.61. The summed E-state index contributed by atoms with van der Waals surface area (Å²) in [5.41, 5.74) is 7.83. The SMILES string of the molecule is COc1cccc(N(CC(=O)N/N=C\c2cc(C)n(-c3cccc(C)c3)c2C)S(C)(=O)=O)c1. The van der Waals surface area contributed by atoms with E-state index in [2.05, 4.69) is 21.2 Å². The molecule has 174 valence electrons. The second-order valence-corrected chi connectivity index (χ2v) is 9.67. The third-order valence-corrected chi connectivity index (χ3v) is 6.29. The number of hydrogen-bond acceptors (Lipinski definition) is 5. The fraction of sp³-hybridized carbons (Fsp3) is 0.250. The number of anilines is 1. The number of nitrogens with zero attached hydrogens (tertiary/aromatic N) is 3. The lowest BCUT2D eigenvalue weighted by atomic mass is 10.2. The van der Waals surface area contributed by atoms with Gasteiger partial charge in [0.25, 0.3) is 5.91 Å². The van der Waals surface area contributed by atoms with Gasteiger partial charge in [0.15, 0.2) is 0 Å². The van der Waals surface area contributed by atoms with Crippen molar-refractivity contribution in [2.45, 2.75) is 20.8 Å². The van der Waals surface area contributed by atoms with Crippen molar-refractivity contribution in [3.63, 3.8) is 0 Å². The summed E-state index contributed by atoms with van der Waals surface area (Å²) in [5, 5.41) is 4.05. The number of aromatic nitrogens is 1. The maximum absolute atomic E-state index is 12.5. The van der Waals surface area contributed by atoms with E-state index >= 15 is 0 Å².